The van der Waals surface area contributed by atoms with Crippen molar-refractivity contribution in [3.8, 4) is 0 Å². The number of benzene rings is 1. The van der Waals surface area contributed by atoms with Gasteiger partial charge in [-0.05, 0) is 25.0 Å². The molecule has 1 aliphatic rings. The highest BCUT2D eigenvalue weighted by molar-refractivity contribution is 5.92. The van der Waals surface area contributed by atoms with Crippen molar-refractivity contribution in [2.75, 3.05) is 18.4 Å². The van der Waals surface area contributed by atoms with Gasteiger partial charge < -0.3 is 10.2 Å². The van der Waals surface area contributed by atoms with Gasteiger partial charge in [0.15, 0.2) is 0 Å². The third-order valence-electron chi connectivity index (χ3n) is 4.28. The van der Waals surface area contributed by atoms with Crippen LogP contribution in [0.3, 0.4) is 0 Å². The first-order chi connectivity index (χ1) is 11.7. The number of rotatable bonds is 5. The van der Waals surface area contributed by atoms with Crippen molar-refractivity contribution in [2.45, 2.75) is 25.8 Å². The molecule has 7 nitrogen and oxygen atoms in total. The Hall–Kier alpha value is -2.70. The summed E-state index contributed by atoms with van der Waals surface area (Å²) < 4.78 is 1.65. The molecule has 1 N–H and O–H groups in total. The Bertz CT molecular complexity index is 664. The number of hydrogen-bond acceptors (Lipinski definition) is 4. The maximum atomic E-state index is 12.3. The molecule has 3 rings (SSSR count). The Morgan fingerprint density at radius 1 is 1.17 bits per heavy atom. The first-order valence-electron chi connectivity index (χ1n) is 8.18. The topological polar surface area (TPSA) is 80.1 Å². The summed E-state index contributed by atoms with van der Waals surface area (Å²) in [5, 5.41) is 6.93. The van der Waals surface area contributed by atoms with Gasteiger partial charge in [0.1, 0.15) is 12.7 Å². The van der Waals surface area contributed by atoms with Crippen molar-refractivity contribution >= 4 is 17.5 Å². The lowest BCUT2D eigenvalue weighted by Crippen LogP contribution is -2.41. The molecular weight excluding hydrogens is 306 g/mol. The van der Waals surface area contributed by atoms with Gasteiger partial charge in [-0.2, -0.15) is 5.10 Å². The molecule has 126 valence electrons. The Morgan fingerprint density at radius 2 is 1.92 bits per heavy atom. The van der Waals surface area contributed by atoms with Crippen LogP contribution in [-0.4, -0.2) is 44.6 Å². The number of nitrogens with zero attached hydrogens (tertiary/aromatic N) is 4. The summed E-state index contributed by atoms with van der Waals surface area (Å²) in [5.74, 6) is 0.105. The predicted octanol–water partition coefficient (Wildman–Crippen LogP) is 1.55. The van der Waals surface area contributed by atoms with Crippen molar-refractivity contribution in [1.29, 1.82) is 0 Å². The van der Waals surface area contributed by atoms with Crippen molar-refractivity contribution in [2.24, 2.45) is 5.92 Å². The predicted molar refractivity (Wildman–Crippen MR) is 89.0 cm³/mol. The van der Waals surface area contributed by atoms with Gasteiger partial charge in [-0.3, -0.25) is 14.3 Å². The monoisotopic (exact) mass is 327 g/mol. The number of para-hydroxylation sites is 1. The van der Waals surface area contributed by atoms with Crippen LogP contribution >= 0.6 is 0 Å². The fraction of sp³-hybridized carbons (Fsp3) is 0.412. The zero-order valence-corrected chi connectivity index (χ0v) is 13.5. The Kier molecular flexibility index (Phi) is 5.20. The normalized spacial score (nSPS) is 15.2. The van der Waals surface area contributed by atoms with Gasteiger partial charge in [-0.1, -0.05) is 18.2 Å². The van der Waals surface area contributed by atoms with Crippen molar-refractivity contribution in [3.05, 3.63) is 43.0 Å². The highest BCUT2D eigenvalue weighted by Crippen LogP contribution is 2.20. The van der Waals surface area contributed by atoms with Gasteiger partial charge in [-0.15, -0.1) is 0 Å². The molecule has 0 aliphatic carbocycles. The quantitative estimate of drug-likeness (QED) is 0.903. The maximum Gasteiger partial charge on any atom is 0.227 e. The molecule has 0 unspecified atom stereocenters. The molecule has 2 heterocycles. The Balaban J connectivity index is 1.43. The number of aromatic nitrogens is 3. The number of piperidine rings is 1. The molecule has 7 heteroatoms. The minimum absolute atomic E-state index is 0.0374. The van der Waals surface area contributed by atoms with E-state index in [0.717, 1.165) is 5.69 Å². The average Bonchev–Trinajstić information content (AvgIpc) is 3.14. The van der Waals surface area contributed by atoms with Gasteiger partial charge in [0.25, 0.3) is 0 Å². The molecule has 0 spiro atoms. The van der Waals surface area contributed by atoms with Crippen LogP contribution in [0.2, 0.25) is 0 Å². The van der Waals surface area contributed by atoms with E-state index in [2.05, 4.69) is 15.4 Å². The number of anilines is 1. The van der Waals surface area contributed by atoms with E-state index in [-0.39, 0.29) is 17.7 Å². The van der Waals surface area contributed by atoms with E-state index in [0.29, 0.717) is 38.9 Å². The molecule has 1 aromatic heterocycles. The number of likely N-dealkylation sites (tertiary alicyclic amines) is 1. The van der Waals surface area contributed by atoms with Gasteiger partial charge in [-0.25, -0.2) is 4.98 Å². The summed E-state index contributed by atoms with van der Waals surface area (Å²) in [7, 11) is 0. The molecule has 1 saturated heterocycles. The Morgan fingerprint density at radius 3 is 2.58 bits per heavy atom. The number of nitrogens with one attached hydrogen (secondary N) is 1. The highest BCUT2D eigenvalue weighted by Gasteiger charge is 2.27. The molecule has 1 aliphatic heterocycles. The lowest BCUT2D eigenvalue weighted by molar-refractivity contribution is -0.134. The number of aryl methyl sites for hydroxylation is 1. The summed E-state index contributed by atoms with van der Waals surface area (Å²) in [5.41, 5.74) is 0.814. The molecule has 2 amide bonds. The molecule has 0 saturated carbocycles. The molecule has 0 atom stereocenters. The molecule has 0 bridgehead atoms. The second-order valence-electron chi connectivity index (χ2n) is 5.92. The van der Waals surface area contributed by atoms with Gasteiger partial charge in [0, 0.05) is 31.1 Å². The standard InChI is InChI=1S/C17H21N5O2/c23-16(8-11-22-13-18-12-19-22)21-9-6-14(7-10-21)17(24)20-15-4-2-1-3-5-15/h1-5,12-14H,6-11H2,(H,20,24). The average molecular weight is 327 g/mol. The van der Waals surface area contributed by atoms with Crippen LogP contribution in [0.1, 0.15) is 19.3 Å². The SMILES string of the molecule is O=C(Nc1ccccc1)C1CCN(C(=O)CCn2cncn2)CC1. The number of hydrogen-bond donors (Lipinski definition) is 1. The minimum atomic E-state index is -0.0374. The van der Waals surface area contributed by atoms with Crippen LogP contribution in [0, 0.1) is 5.92 Å². The zero-order valence-electron chi connectivity index (χ0n) is 13.5. The van der Waals surface area contributed by atoms with Gasteiger partial charge in [0.2, 0.25) is 11.8 Å². The highest BCUT2D eigenvalue weighted by atomic mass is 16.2. The molecule has 2 aromatic rings. The maximum absolute atomic E-state index is 12.3. The van der Waals surface area contributed by atoms with Gasteiger partial charge in [0.05, 0.1) is 6.54 Å². The van der Waals surface area contributed by atoms with E-state index in [1.54, 1.807) is 11.0 Å². The van der Waals surface area contributed by atoms with Crippen LogP contribution in [-0.2, 0) is 16.1 Å². The summed E-state index contributed by atoms with van der Waals surface area (Å²) in [6.07, 6.45) is 4.88. The summed E-state index contributed by atoms with van der Waals surface area (Å²) in [6.45, 7) is 1.79. The smallest absolute Gasteiger partial charge is 0.227 e. The summed E-state index contributed by atoms with van der Waals surface area (Å²) >= 11 is 0. The van der Waals surface area contributed by atoms with Crippen LogP contribution in [0.25, 0.3) is 0 Å². The fourth-order valence-corrected chi connectivity index (χ4v) is 2.87. The lowest BCUT2D eigenvalue weighted by atomic mass is 9.95. The second kappa shape index (κ2) is 7.72. The summed E-state index contributed by atoms with van der Waals surface area (Å²) in [4.78, 5) is 30.2. The van der Waals surface area contributed by atoms with E-state index in [4.69, 9.17) is 0 Å². The largest absolute Gasteiger partial charge is 0.343 e. The number of carbonyl (C=O) groups excluding carboxylic acids is 2. The molecular formula is C17H21N5O2. The third kappa shape index (κ3) is 4.18. The zero-order chi connectivity index (χ0) is 16.8. The minimum Gasteiger partial charge on any atom is -0.343 e. The van der Waals surface area contributed by atoms with E-state index >= 15 is 0 Å². The third-order valence-corrected chi connectivity index (χ3v) is 4.28. The molecule has 1 fully saturated rings. The molecule has 0 radical (unpaired) electrons. The van der Waals surface area contributed by atoms with Gasteiger partial charge >= 0.3 is 0 Å². The number of carbonyl (C=O) groups is 2. The lowest BCUT2D eigenvalue weighted by Gasteiger charge is -2.31. The first-order valence-corrected chi connectivity index (χ1v) is 8.18. The second-order valence-corrected chi connectivity index (χ2v) is 5.92. The van der Waals surface area contributed by atoms with Crippen LogP contribution in [0.15, 0.2) is 43.0 Å². The van der Waals surface area contributed by atoms with E-state index in [1.165, 1.54) is 6.33 Å². The van der Waals surface area contributed by atoms with E-state index in [9.17, 15) is 9.59 Å². The van der Waals surface area contributed by atoms with Crippen LogP contribution in [0.4, 0.5) is 5.69 Å². The summed E-state index contributed by atoms with van der Waals surface area (Å²) in [6, 6.07) is 9.46. The van der Waals surface area contributed by atoms with Crippen molar-refractivity contribution in [1.82, 2.24) is 19.7 Å². The van der Waals surface area contributed by atoms with Crippen molar-refractivity contribution < 1.29 is 9.59 Å². The van der Waals surface area contributed by atoms with Crippen LogP contribution < -0.4 is 5.32 Å². The fourth-order valence-electron chi connectivity index (χ4n) is 2.87. The first kappa shape index (κ1) is 16.2. The van der Waals surface area contributed by atoms with E-state index in [1.807, 2.05) is 35.2 Å². The Labute approximate surface area is 140 Å². The van der Waals surface area contributed by atoms with E-state index < -0.39 is 0 Å². The molecule has 24 heavy (non-hydrogen) atoms. The van der Waals surface area contributed by atoms with Crippen molar-refractivity contribution in [3.63, 3.8) is 0 Å². The van der Waals surface area contributed by atoms with Crippen LogP contribution in [0.5, 0.6) is 0 Å². The molecule has 1 aromatic carbocycles. The number of amides is 2.